The van der Waals surface area contributed by atoms with Gasteiger partial charge in [0.2, 0.25) is 5.91 Å². The molecule has 94 valence electrons. The number of carbonyl (C=O) groups excluding carboxylic acids is 1. The zero-order valence-corrected chi connectivity index (χ0v) is 9.52. The van der Waals surface area contributed by atoms with Crippen LogP contribution in [-0.2, 0) is 4.79 Å². The highest BCUT2D eigenvalue weighted by Crippen LogP contribution is 2.48. The van der Waals surface area contributed by atoms with Gasteiger partial charge in [0.25, 0.3) is 0 Å². The monoisotopic (exact) mass is 238 g/mol. The minimum atomic E-state index is -4.17. The summed E-state index contributed by atoms with van der Waals surface area (Å²) >= 11 is 0. The minimum absolute atomic E-state index is 0.0568. The Morgan fingerprint density at radius 3 is 2.31 bits per heavy atom. The molecule has 0 aromatic carbocycles. The van der Waals surface area contributed by atoms with Crippen LogP contribution in [0.4, 0.5) is 13.2 Å². The topological polar surface area (TPSA) is 32.3 Å². The maximum Gasteiger partial charge on any atom is 0.406 e. The molecule has 0 unspecified atom stereocenters. The molecule has 1 aliphatic carbocycles. The molecule has 0 atom stereocenters. The van der Waals surface area contributed by atoms with E-state index >= 15 is 0 Å². The highest BCUT2D eigenvalue weighted by Gasteiger charge is 2.62. The van der Waals surface area contributed by atoms with Crippen molar-refractivity contribution < 1.29 is 18.0 Å². The fourth-order valence-corrected chi connectivity index (χ4v) is 1.48. The third kappa shape index (κ3) is 3.10. The quantitative estimate of drug-likeness (QED) is 0.737. The van der Waals surface area contributed by atoms with E-state index in [0.29, 0.717) is 6.42 Å². The van der Waals surface area contributed by atoms with Crippen LogP contribution in [0.5, 0.6) is 0 Å². The van der Waals surface area contributed by atoms with E-state index in [4.69, 9.17) is 0 Å². The lowest BCUT2D eigenvalue weighted by Gasteiger charge is -2.20. The second-order valence-corrected chi connectivity index (χ2v) is 4.40. The lowest BCUT2D eigenvalue weighted by atomic mass is 10.2. The van der Waals surface area contributed by atoms with E-state index in [-0.39, 0.29) is 31.7 Å². The number of amides is 1. The van der Waals surface area contributed by atoms with E-state index in [1.165, 1.54) is 4.90 Å². The first-order valence-electron chi connectivity index (χ1n) is 5.30. The molecular formula is C10H17F3N2O. The summed E-state index contributed by atoms with van der Waals surface area (Å²) in [6.45, 7) is 0.235. The van der Waals surface area contributed by atoms with Crippen molar-refractivity contribution in [3.05, 3.63) is 0 Å². The third-order valence-electron chi connectivity index (χ3n) is 2.82. The Hall–Kier alpha value is -0.780. The van der Waals surface area contributed by atoms with Crippen molar-refractivity contribution in [1.29, 1.82) is 0 Å². The van der Waals surface area contributed by atoms with Crippen LogP contribution in [0.3, 0.4) is 0 Å². The molecule has 0 radical (unpaired) electrons. The molecule has 0 bridgehead atoms. The molecule has 0 aliphatic heterocycles. The van der Waals surface area contributed by atoms with Crippen LogP contribution in [0.2, 0.25) is 0 Å². The second-order valence-electron chi connectivity index (χ2n) is 4.40. The molecule has 0 heterocycles. The number of hydrogen-bond acceptors (Lipinski definition) is 2. The molecule has 6 heteroatoms. The van der Waals surface area contributed by atoms with E-state index in [1.807, 2.05) is 0 Å². The highest BCUT2D eigenvalue weighted by molar-refractivity contribution is 5.75. The zero-order valence-electron chi connectivity index (χ0n) is 9.52. The lowest BCUT2D eigenvalue weighted by Crippen LogP contribution is -2.45. The number of carbonyl (C=O) groups is 1. The standard InChI is InChI=1S/C10H17F3N2O/c1-15(2)8(16)4-3-7-14-9(5-6-9)10(11,12)13/h14H,3-7H2,1-2H3. The SMILES string of the molecule is CN(C)C(=O)CCCNC1(C(F)(F)F)CC1. The maximum absolute atomic E-state index is 12.5. The van der Waals surface area contributed by atoms with Crippen molar-refractivity contribution in [2.45, 2.75) is 37.4 Å². The minimum Gasteiger partial charge on any atom is -0.349 e. The van der Waals surface area contributed by atoms with Crippen molar-refractivity contribution in [3.63, 3.8) is 0 Å². The van der Waals surface area contributed by atoms with Crippen LogP contribution in [0.25, 0.3) is 0 Å². The Bertz CT molecular complexity index is 259. The molecule has 1 rings (SSSR count). The van der Waals surface area contributed by atoms with Gasteiger partial charge in [0, 0.05) is 20.5 Å². The number of nitrogens with one attached hydrogen (secondary N) is 1. The molecule has 1 amide bonds. The van der Waals surface area contributed by atoms with Gasteiger partial charge in [0.1, 0.15) is 5.54 Å². The van der Waals surface area contributed by atoms with Crippen molar-refractivity contribution in [3.8, 4) is 0 Å². The van der Waals surface area contributed by atoms with Crippen LogP contribution in [0.1, 0.15) is 25.7 Å². The van der Waals surface area contributed by atoms with E-state index < -0.39 is 11.7 Å². The predicted octanol–water partition coefficient (Wildman–Crippen LogP) is 1.54. The van der Waals surface area contributed by atoms with Gasteiger partial charge in [-0.2, -0.15) is 13.2 Å². The fraction of sp³-hybridized carbons (Fsp3) is 0.900. The Morgan fingerprint density at radius 1 is 1.38 bits per heavy atom. The summed E-state index contributed by atoms with van der Waals surface area (Å²) < 4.78 is 37.4. The summed E-state index contributed by atoms with van der Waals surface area (Å²) in [7, 11) is 3.27. The maximum atomic E-state index is 12.5. The molecule has 1 saturated carbocycles. The van der Waals surface area contributed by atoms with E-state index in [9.17, 15) is 18.0 Å². The summed E-state index contributed by atoms with van der Waals surface area (Å²) in [5, 5.41) is 2.51. The smallest absolute Gasteiger partial charge is 0.349 e. The Kier molecular flexibility index (Phi) is 3.83. The normalized spacial score (nSPS) is 18.3. The number of halogens is 3. The van der Waals surface area contributed by atoms with E-state index in [0.717, 1.165) is 0 Å². The van der Waals surface area contributed by atoms with Crippen molar-refractivity contribution >= 4 is 5.91 Å². The van der Waals surface area contributed by atoms with Crippen molar-refractivity contribution in [1.82, 2.24) is 10.2 Å². The van der Waals surface area contributed by atoms with E-state index in [1.54, 1.807) is 14.1 Å². The molecule has 1 N–H and O–H groups in total. The zero-order chi connectivity index (χ0) is 12.4. The molecule has 1 aliphatic rings. The summed E-state index contributed by atoms with van der Waals surface area (Å²) in [4.78, 5) is 12.6. The van der Waals surface area contributed by atoms with Crippen LogP contribution in [0.15, 0.2) is 0 Å². The van der Waals surface area contributed by atoms with Gasteiger partial charge in [-0.25, -0.2) is 0 Å². The predicted molar refractivity (Wildman–Crippen MR) is 54.0 cm³/mol. The van der Waals surface area contributed by atoms with Crippen LogP contribution in [0, 0.1) is 0 Å². The average molecular weight is 238 g/mol. The van der Waals surface area contributed by atoms with Gasteiger partial charge in [0.15, 0.2) is 0 Å². The van der Waals surface area contributed by atoms with Crippen LogP contribution < -0.4 is 5.32 Å². The van der Waals surface area contributed by atoms with Gasteiger partial charge < -0.3 is 10.2 Å². The number of alkyl halides is 3. The summed E-state index contributed by atoms with van der Waals surface area (Å²) in [5.74, 6) is -0.0568. The van der Waals surface area contributed by atoms with Gasteiger partial charge in [-0.15, -0.1) is 0 Å². The molecule has 0 saturated heterocycles. The van der Waals surface area contributed by atoms with E-state index in [2.05, 4.69) is 5.32 Å². The van der Waals surface area contributed by atoms with Gasteiger partial charge in [-0.3, -0.25) is 4.79 Å². The third-order valence-corrected chi connectivity index (χ3v) is 2.82. The van der Waals surface area contributed by atoms with Crippen LogP contribution in [-0.4, -0.2) is 43.2 Å². The second kappa shape index (κ2) is 4.61. The molecule has 0 aromatic heterocycles. The lowest BCUT2D eigenvalue weighted by molar-refractivity contribution is -0.165. The van der Waals surface area contributed by atoms with Gasteiger partial charge in [0.05, 0.1) is 0 Å². The largest absolute Gasteiger partial charge is 0.406 e. The first-order chi connectivity index (χ1) is 7.28. The molecule has 16 heavy (non-hydrogen) atoms. The number of nitrogens with zero attached hydrogens (tertiary/aromatic N) is 1. The summed E-state index contributed by atoms with van der Waals surface area (Å²) in [6.07, 6.45) is -3.14. The first kappa shape index (κ1) is 13.3. The molecule has 0 spiro atoms. The Morgan fingerprint density at radius 2 is 1.94 bits per heavy atom. The Balaban J connectivity index is 2.20. The molecule has 3 nitrogen and oxygen atoms in total. The first-order valence-corrected chi connectivity index (χ1v) is 5.30. The Labute approximate surface area is 93.0 Å². The summed E-state index contributed by atoms with van der Waals surface area (Å²) in [5.41, 5.74) is -1.66. The molecule has 0 aromatic rings. The average Bonchev–Trinajstić information content (AvgIpc) is 2.91. The van der Waals surface area contributed by atoms with Crippen molar-refractivity contribution in [2.24, 2.45) is 0 Å². The highest BCUT2D eigenvalue weighted by atomic mass is 19.4. The van der Waals surface area contributed by atoms with Gasteiger partial charge in [-0.1, -0.05) is 0 Å². The van der Waals surface area contributed by atoms with Gasteiger partial charge in [-0.05, 0) is 25.8 Å². The van der Waals surface area contributed by atoms with Crippen molar-refractivity contribution in [2.75, 3.05) is 20.6 Å². The number of rotatable bonds is 5. The molecule has 1 fully saturated rings. The molecular weight excluding hydrogens is 221 g/mol. The fourth-order valence-electron chi connectivity index (χ4n) is 1.48. The van der Waals surface area contributed by atoms with Gasteiger partial charge >= 0.3 is 6.18 Å². The summed E-state index contributed by atoms with van der Waals surface area (Å²) in [6, 6.07) is 0. The van der Waals surface area contributed by atoms with Crippen LogP contribution >= 0.6 is 0 Å². The number of hydrogen-bond donors (Lipinski definition) is 1.